The maximum Gasteiger partial charge on any atom is 0.323 e. The zero-order chi connectivity index (χ0) is 36.2. The van der Waals surface area contributed by atoms with Crippen LogP contribution >= 0.6 is 0 Å². The van der Waals surface area contributed by atoms with Crippen molar-refractivity contribution in [1.82, 2.24) is 9.55 Å². The summed E-state index contributed by atoms with van der Waals surface area (Å²) in [6.45, 7) is 9.12. The Morgan fingerprint density at radius 1 is 0.980 bits per heavy atom. The zero-order valence-electron chi connectivity index (χ0n) is 29.7. The number of imidazole rings is 1. The first-order chi connectivity index (χ1) is 24.7. The van der Waals surface area contributed by atoms with Crippen LogP contribution in [0.4, 0.5) is 11.4 Å². The van der Waals surface area contributed by atoms with Crippen molar-refractivity contribution >= 4 is 40.5 Å². The molecule has 0 radical (unpaired) electrons. The number of nitrogens with one attached hydrogen (secondary N) is 1. The van der Waals surface area contributed by atoms with Crippen LogP contribution in [0, 0.1) is 6.92 Å². The third kappa shape index (κ3) is 10.5. The van der Waals surface area contributed by atoms with Crippen molar-refractivity contribution in [3.05, 3.63) is 95.6 Å². The van der Waals surface area contributed by atoms with Gasteiger partial charge in [0.15, 0.2) is 10.6 Å². The molecule has 51 heavy (non-hydrogen) atoms. The van der Waals surface area contributed by atoms with Gasteiger partial charge < -0.3 is 33.9 Å². The number of rotatable bonds is 17. The average Bonchev–Trinajstić information content (AvgIpc) is 3.46. The smallest absolute Gasteiger partial charge is 0.323 e. The number of benzene rings is 3. The Labute approximate surface area is 303 Å². The van der Waals surface area contributed by atoms with E-state index in [0.29, 0.717) is 54.5 Å². The first-order valence-corrected chi connectivity index (χ1v) is 19.0. The van der Waals surface area contributed by atoms with Crippen LogP contribution in [0.3, 0.4) is 0 Å². The van der Waals surface area contributed by atoms with Crippen molar-refractivity contribution in [2.24, 2.45) is 0 Å². The number of carboxylic acids is 1. The topological polar surface area (TPSA) is 129 Å². The Kier molecular flexibility index (Phi) is 13.7. The van der Waals surface area contributed by atoms with Crippen LogP contribution in [0.15, 0.2) is 83.5 Å². The standard InChI is InChI=1S/C40H48N4O6S/c1-4-6-21-49-22-23-50-35-14-9-30(10-15-35)31-11-18-37-33(24-31)25-32(8-7-20-43(37)26-39(45)46)40(47)42-34-12-16-36(17-13-34)51(48)27-38-29(3)41-28-44(38)19-5-2/h9-18,24-25,28H,4-8,19-23,26-27H2,1-3H3,(H,42,47)(H,45,46)/b32-25+/t51-/m0/s1. The summed E-state index contributed by atoms with van der Waals surface area (Å²) < 4.78 is 26.7. The van der Waals surface area contributed by atoms with Gasteiger partial charge in [-0.25, -0.2) is 4.98 Å². The number of carbonyl (C=O) groups excluding carboxylic acids is 1. The number of unbranched alkanes of at least 4 members (excludes halogenated alkanes) is 1. The van der Waals surface area contributed by atoms with E-state index in [-0.39, 0.29) is 12.5 Å². The lowest BCUT2D eigenvalue weighted by atomic mass is 9.96. The lowest BCUT2D eigenvalue weighted by Gasteiger charge is -2.27. The molecule has 0 saturated heterocycles. The van der Waals surface area contributed by atoms with Crippen LogP contribution in [0.25, 0.3) is 17.2 Å². The van der Waals surface area contributed by atoms with Crippen LogP contribution in [0.2, 0.25) is 0 Å². The molecule has 1 atom stereocenters. The molecular weight excluding hydrogens is 665 g/mol. The molecule has 10 nitrogen and oxygen atoms in total. The Balaban J connectivity index is 1.30. The van der Waals surface area contributed by atoms with Crippen LogP contribution in [-0.2, 0) is 37.8 Å². The van der Waals surface area contributed by atoms with Crippen LogP contribution in [0.5, 0.6) is 5.75 Å². The van der Waals surface area contributed by atoms with Gasteiger partial charge in [-0.15, -0.1) is 0 Å². The SMILES string of the molecule is CCCCOCCOc1ccc(-c2ccc3c(c2)/C=C(/C(=O)Nc2ccc([S@@+]([O-])Cc4c(C)ncn4CCC)cc2)CCCN3CC(=O)O)cc1. The predicted molar refractivity (Wildman–Crippen MR) is 203 cm³/mol. The van der Waals surface area contributed by atoms with Crippen molar-refractivity contribution in [3.63, 3.8) is 0 Å². The molecule has 0 unspecified atom stereocenters. The van der Waals surface area contributed by atoms with Gasteiger partial charge >= 0.3 is 5.97 Å². The van der Waals surface area contributed by atoms with Gasteiger partial charge in [-0.3, -0.25) is 9.59 Å². The summed E-state index contributed by atoms with van der Waals surface area (Å²) in [5.41, 5.74) is 6.50. The molecule has 2 N–H and O–H groups in total. The summed E-state index contributed by atoms with van der Waals surface area (Å²) in [6.07, 6.45) is 7.87. The first kappa shape index (κ1) is 37.7. The maximum atomic E-state index is 13.6. The molecule has 2 heterocycles. The second-order valence-corrected chi connectivity index (χ2v) is 14.1. The molecule has 3 aromatic carbocycles. The van der Waals surface area contributed by atoms with Crippen molar-refractivity contribution in [2.45, 2.75) is 70.1 Å². The summed E-state index contributed by atoms with van der Waals surface area (Å²) in [5, 5.41) is 12.6. The summed E-state index contributed by atoms with van der Waals surface area (Å²) >= 11 is -1.27. The largest absolute Gasteiger partial charge is 0.611 e. The minimum atomic E-state index is -1.27. The van der Waals surface area contributed by atoms with E-state index in [2.05, 4.69) is 28.7 Å². The number of aryl methyl sites for hydroxylation is 2. The molecule has 0 fully saturated rings. The molecule has 5 rings (SSSR count). The molecule has 0 saturated carbocycles. The van der Waals surface area contributed by atoms with E-state index in [9.17, 15) is 19.2 Å². The van der Waals surface area contributed by atoms with Gasteiger partial charge in [-0.2, -0.15) is 0 Å². The summed E-state index contributed by atoms with van der Waals surface area (Å²) in [5.74, 6) is -0.0161. The minimum absolute atomic E-state index is 0.135. The van der Waals surface area contributed by atoms with E-state index in [1.165, 1.54) is 0 Å². The summed E-state index contributed by atoms with van der Waals surface area (Å²) in [6, 6.07) is 20.9. The molecule has 11 heteroatoms. The number of fused-ring (bicyclic) bond motifs is 1. The van der Waals surface area contributed by atoms with Gasteiger partial charge in [0.05, 0.1) is 24.3 Å². The van der Waals surface area contributed by atoms with Crippen LogP contribution in [0.1, 0.15) is 62.9 Å². The normalized spacial score (nSPS) is 14.5. The molecule has 1 amide bonds. The molecule has 0 aliphatic carbocycles. The molecular formula is C40H48N4O6S. The number of hydrogen-bond donors (Lipinski definition) is 2. The molecule has 0 bridgehead atoms. The van der Waals surface area contributed by atoms with Crippen molar-refractivity contribution in [2.75, 3.05) is 43.1 Å². The summed E-state index contributed by atoms with van der Waals surface area (Å²) in [7, 11) is 0. The monoisotopic (exact) mass is 712 g/mol. The fourth-order valence-corrected chi connectivity index (χ4v) is 7.26. The molecule has 0 spiro atoms. The third-order valence-electron chi connectivity index (χ3n) is 8.78. The Morgan fingerprint density at radius 3 is 2.47 bits per heavy atom. The maximum absolute atomic E-state index is 13.6. The fourth-order valence-electron chi connectivity index (χ4n) is 6.03. The Hall–Kier alpha value is -4.58. The predicted octanol–water partition coefficient (Wildman–Crippen LogP) is 7.48. The number of carbonyl (C=O) groups is 2. The van der Waals surface area contributed by atoms with E-state index < -0.39 is 17.1 Å². The number of anilines is 2. The van der Waals surface area contributed by atoms with E-state index >= 15 is 0 Å². The molecule has 1 aromatic heterocycles. The fraction of sp³-hybridized carbons (Fsp3) is 0.375. The van der Waals surface area contributed by atoms with Gasteiger partial charge in [0.1, 0.15) is 18.9 Å². The number of nitrogens with zero attached hydrogens (tertiary/aromatic N) is 3. The highest BCUT2D eigenvalue weighted by atomic mass is 32.2. The lowest BCUT2D eigenvalue weighted by Crippen LogP contribution is -2.32. The highest BCUT2D eigenvalue weighted by Crippen LogP contribution is 2.33. The Bertz CT molecular complexity index is 1790. The number of ether oxygens (including phenoxy) is 2. The highest BCUT2D eigenvalue weighted by molar-refractivity contribution is 7.90. The van der Waals surface area contributed by atoms with E-state index in [4.69, 9.17) is 9.47 Å². The molecule has 1 aliphatic rings. The summed E-state index contributed by atoms with van der Waals surface area (Å²) in [4.78, 5) is 32.3. The third-order valence-corrected chi connectivity index (χ3v) is 10.1. The van der Waals surface area contributed by atoms with Gasteiger partial charge in [-0.05, 0) is 115 Å². The number of amides is 1. The van der Waals surface area contributed by atoms with Gasteiger partial charge in [0, 0.05) is 36.6 Å². The highest BCUT2D eigenvalue weighted by Gasteiger charge is 2.21. The van der Waals surface area contributed by atoms with E-state index in [1.54, 1.807) is 30.6 Å². The number of hydrogen-bond acceptors (Lipinski definition) is 7. The second-order valence-electron chi connectivity index (χ2n) is 12.6. The van der Waals surface area contributed by atoms with Crippen molar-refractivity contribution < 1.29 is 28.7 Å². The molecule has 4 aromatic rings. The zero-order valence-corrected chi connectivity index (χ0v) is 30.5. The van der Waals surface area contributed by atoms with E-state index in [1.807, 2.05) is 60.4 Å². The minimum Gasteiger partial charge on any atom is -0.611 e. The molecule has 270 valence electrons. The van der Waals surface area contributed by atoms with Crippen molar-refractivity contribution in [3.8, 4) is 16.9 Å². The van der Waals surface area contributed by atoms with Crippen LogP contribution < -0.4 is 15.0 Å². The van der Waals surface area contributed by atoms with E-state index in [0.717, 1.165) is 71.9 Å². The lowest BCUT2D eigenvalue weighted by molar-refractivity contribution is -0.135. The quantitative estimate of drug-likeness (QED) is 0.0852. The average molecular weight is 713 g/mol. The molecule has 1 aliphatic heterocycles. The van der Waals surface area contributed by atoms with Gasteiger partial charge in [0.2, 0.25) is 0 Å². The van der Waals surface area contributed by atoms with Gasteiger partial charge in [-0.1, -0.05) is 38.5 Å². The number of aromatic nitrogens is 2. The second kappa shape index (κ2) is 18.6. The van der Waals surface area contributed by atoms with Crippen LogP contribution in [-0.4, -0.2) is 64.0 Å². The van der Waals surface area contributed by atoms with Crippen molar-refractivity contribution in [1.29, 1.82) is 0 Å². The Morgan fingerprint density at radius 2 is 1.75 bits per heavy atom. The number of aliphatic carboxylic acids is 1. The van der Waals surface area contributed by atoms with Gasteiger partial charge in [0.25, 0.3) is 5.91 Å². The number of carboxylic acid groups (broad SMARTS) is 1. The first-order valence-electron chi connectivity index (χ1n) is 17.7.